The summed E-state index contributed by atoms with van der Waals surface area (Å²) >= 11 is 0. The first-order valence-corrected chi connectivity index (χ1v) is 8.41. The maximum Gasteiger partial charge on any atom is 0.246 e. The van der Waals surface area contributed by atoms with Gasteiger partial charge in [0.05, 0.1) is 6.10 Å². The summed E-state index contributed by atoms with van der Waals surface area (Å²) in [5.41, 5.74) is -0.590. The average Bonchev–Trinajstić information content (AvgIpc) is 3.14. The molecule has 3 aliphatic rings. The molecule has 3 rings (SSSR count). The van der Waals surface area contributed by atoms with Gasteiger partial charge < -0.3 is 15.0 Å². The first-order valence-electron chi connectivity index (χ1n) is 8.41. The van der Waals surface area contributed by atoms with E-state index in [4.69, 9.17) is 4.74 Å². The van der Waals surface area contributed by atoms with Crippen molar-refractivity contribution >= 4 is 11.8 Å². The van der Waals surface area contributed by atoms with E-state index >= 15 is 0 Å². The smallest absolute Gasteiger partial charge is 0.246 e. The van der Waals surface area contributed by atoms with Gasteiger partial charge in [-0.3, -0.25) is 9.59 Å². The molecule has 118 valence electrons. The van der Waals surface area contributed by atoms with Crippen LogP contribution >= 0.6 is 0 Å². The number of hydrogen-bond donors (Lipinski definition) is 1. The molecule has 0 aromatic heterocycles. The Labute approximate surface area is 126 Å². The van der Waals surface area contributed by atoms with Crippen molar-refractivity contribution in [3.8, 4) is 0 Å². The number of hydrogen-bond acceptors (Lipinski definition) is 3. The second kappa shape index (κ2) is 5.95. The number of piperazine rings is 1. The molecule has 2 saturated heterocycles. The van der Waals surface area contributed by atoms with E-state index in [2.05, 4.69) is 5.32 Å². The van der Waals surface area contributed by atoms with Crippen molar-refractivity contribution in [2.24, 2.45) is 0 Å². The summed E-state index contributed by atoms with van der Waals surface area (Å²) in [5, 5.41) is 2.98. The van der Waals surface area contributed by atoms with Crippen LogP contribution in [0.1, 0.15) is 58.3 Å². The third-order valence-electron chi connectivity index (χ3n) is 5.23. The number of carbonyl (C=O) groups excluding carboxylic acids is 2. The largest absolute Gasteiger partial charge is 0.376 e. The molecule has 1 spiro atoms. The summed E-state index contributed by atoms with van der Waals surface area (Å²) in [7, 11) is 0. The Morgan fingerprint density at radius 2 is 2.05 bits per heavy atom. The molecular formula is C16H26N2O3. The van der Waals surface area contributed by atoms with Crippen LogP contribution in [-0.4, -0.2) is 47.6 Å². The second-order valence-electron chi connectivity index (χ2n) is 6.64. The molecule has 5 heteroatoms. The van der Waals surface area contributed by atoms with Crippen LogP contribution < -0.4 is 5.32 Å². The number of amides is 2. The highest BCUT2D eigenvalue weighted by Crippen LogP contribution is 2.39. The monoisotopic (exact) mass is 294 g/mol. The van der Waals surface area contributed by atoms with E-state index in [0.717, 1.165) is 58.0 Å². The molecule has 1 N–H and O–H groups in total. The van der Waals surface area contributed by atoms with E-state index in [-0.39, 0.29) is 24.0 Å². The molecular weight excluding hydrogens is 268 g/mol. The highest BCUT2D eigenvalue weighted by atomic mass is 16.5. The third-order valence-corrected chi connectivity index (χ3v) is 5.23. The normalized spacial score (nSPS) is 32.0. The summed E-state index contributed by atoms with van der Waals surface area (Å²) in [6, 6.07) is -0.338. The SMILES string of the molecule is CCCC1NC(=O)C2(CCCC2)N(CC2CCCO2)C1=O. The van der Waals surface area contributed by atoms with E-state index in [0.29, 0.717) is 6.54 Å². The summed E-state index contributed by atoms with van der Waals surface area (Å²) in [6.07, 6.45) is 7.46. The minimum atomic E-state index is -0.590. The molecule has 2 atom stereocenters. The molecule has 5 nitrogen and oxygen atoms in total. The van der Waals surface area contributed by atoms with Gasteiger partial charge in [-0.05, 0) is 32.1 Å². The van der Waals surface area contributed by atoms with Crippen LogP contribution in [0, 0.1) is 0 Å². The van der Waals surface area contributed by atoms with E-state index < -0.39 is 5.54 Å². The fraction of sp³-hybridized carbons (Fsp3) is 0.875. The predicted molar refractivity (Wildman–Crippen MR) is 78.7 cm³/mol. The van der Waals surface area contributed by atoms with Gasteiger partial charge in [-0.1, -0.05) is 26.2 Å². The molecule has 2 aliphatic heterocycles. The lowest BCUT2D eigenvalue weighted by Gasteiger charge is -2.47. The molecule has 1 aliphatic carbocycles. The first kappa shape index (κ1) is 14.8. The fourth-order valence-electron chi connectivity index (χ4n) is 4.07. The Bertz CT molecular complexity index is 412. The minimum Gasteiger partial charge on any atom is -0.376 e. The second-order valence-corrected chi connectivity index (χ2v) is 6.64. The van der Waals surface area contributed by atoms with Crippen LogP contribution in [0.2, 0.25) is 0 Å². The van der Waals surface area contributed by atoms with Crippen LogP contribution in [0.25, 0.3) is 0 Å². The van der Waals surface area contributed by atoms with Crippen molar-refractivity contribution < 1.29 is 14.3 Å². The Morgan fingerprint density at radius 3 is 2.67 bits per heavy atom. The van der Waals surface area contributed by atoms with E-state index in [1.165, 1.54) is 0 Å². The van der Waals surface area contributed by atoms with Gasteiger partial charge in [0.25, 0.3) is 0 Å². The summed E-state index contributed by atoms with van der Waals surface area (Å²) in [4.78, 5) is 27.4. The van der Waals surface area contributed by atoms with Crippen molar-refractivity contribution in [1.29, 1.82) is 0 Å². The van der Waals surface area contributed by atoms with Crippen molar-refractivity contribution in [2.45, 2.75) is 76.0 Å². The van der Waals surface area contributed by atoms with E-state index in [1.54, 1.807) is 0 Å². The lowest BCUT2D eigenvalue weighted by molar-refractivity contribution is -0.159. The Balaban J connectivity index is 1.83. The van der Waals surface area contributed by atoms with Crippen LogP contribution in [0.5, 0.6) is 0 Å². The number of nitrogens with zero attached hydrogens (tertiary/aromatic N) is 1. The third kappa shape index (κ3) is 2.56. The molecule has 0 radical (unpaired) electrons. The lowest BCUT2D eigenvalue weighted by atomic mass is 9.88. The molecule has 0 bridgehead atoms. The van der Waals surface area contributed by atoms with Gasteiger partial charge >= 0.3 is 0 Å². The molecule has 3 fully saturated rings. The zero-order valence-electron chi connectivity index (χ0n) is 12.9. The lowest BCUT2D eigenvalue weighted by Crippen LogP contribution is -2.70. The zero-order chi connectivity index (χ0) is 14.9. The molecule has 2 amide bonds. The van der Waals surface area contributed by atoms with Gasteiger partial charge in [0, 0.05) is 13.2 Å². The number of ether oxygens (including phenoxy) is 1. The van der Waals surface area contributed by atoms with Crippen LogP contribution in [0.15, 0.2) is 0 Å². The van der Waals surface area contributed by atoms with Crippen LogP contribution in [0.3, 0.4) is 0 Å². The van der Waals surface area contributed by atoms with Crippen molar-refractivity contribution in [3.05, 3.63) is 0 Å². The number of rotatable bonds is 4. The minimum absolute atomic E-state index is 0.0658. The summed E-state index contributed by atoms with van der Waals surface area (Å²) < 4.78 is 5.71. The maximum absolute atomic E-state index is 12.9. The van der Waals surface area contributed by atoms with Crippen molar-refractivity contribution in [2.75, 3.05) is 13.2 Å². The topological polar surface area (TPSA) is 58.6 Å². The number of nitrogens with one attached hydrogen (secondary N) is 1. The Hall–Kier alpha value is -1.10. The first-order chi connectivity index (χ1) is 10.2. The quantitative estimate of drug-likeness (QED) is 0.857. The molecule has 1 saturated carbocycles. The van der Waals surface area contributed by atoms with Gasteiger partial charge in [-0.15, -0.1) is 0 Å². The van der Waals surface area contributed by atoms with Crippen molar-refractivity contribution in [1.82, 2.24) is 10.2 Å². The highest BCUT2D eigenvalue weighted by molar-refractivity contribution is 6.00. The van der Waals surface area contributed by atoms with E-state index in [9.17, 15) is 9.59 Å². The van der Waals surface area contributed by atoms with E-state index in [1.807, 2.05) is 11.8 Å². The highest BCUT2D eigenvalue weighted by Gasteiger charge is 2.53. The molecule has 21 heavy (non-hydrogen) atoms. The summed E-state index contributed by atoms with van der Waals surface area (Å²) in [6.45, 7) is 3.42. The van der Waals surface area contributed by atoms with Gasteiger partial charge in [0.15, 0.2) is 0 Å². The Morgan fingerprint density at radius 1 is 1.29 bits per heavy atom. The number of carbonyl (C=O) groups is 2. The van der Waals surface area contributed by atoms with Gasteiger partial charge in [-0.2, -0.15) is 0 Å². The molecule has 0 aromatic carbocycles. The fourth-order valence-corrected chi connectivity index (χ4v) is 4.07. The summed E-state index contributed by atoms with van der Waals surface area (Å²) in [5.74, 6) is 0.171. The van der Waals surface area contributed by atoms with Crippen LogP contribution in [0.4, 0.5) is 0 Å². The van der Waals surface area contributed by atoms with Gasteiger partial charge in [-0.25, -0.2) is 0 Å². The Kier molecular flexibility index (Phi) is 4.20. The zero-order valence-corrected chi connectivity index (χ0v) is 12.9. The molecule has 2 unspecified atom stereocenters. The predicted octanol–water partition coefficient (Wildman–Crippen LogP) is 1.61. The maximum atomic E-state index is 12.9. The molecule has 0 aromatic rings. The molecule has 2 heterocycles. The standard InChI is InChI=1S/C16H26N2O3/c1-2-6-13-14(19)18(11-12-7-5-10-21-12)16(15(20)17-13)8-3-4-9-16/h12-13H,2-11H2,1H3,(H,17,20). The van der Waals surface area contributed by atoms with Gasteiger partial charge in [0.2, 0.25) is 11.8 Å². The van der Waals surface area contributed by atoms with Gasteiger partial charge in [0.1, 0.15) is 11.6 Å². The van der Waals surface area contributed by atoms with Crippen molar-refractivity contribution in [3.63, 3.8) is 0 Å². The average molecular weight is 294 g/mol. The van der Waals surface area contributed by atoms with Crippen LogP contribution in [-0.2, 0) is 14.3 Å².